The molecular weight excluding hydrogens is 227 g/mol. The van der Waals surface area contributed by atoms with Crippen molar-refractivity contribution in [2.45, 2.75) is 12.6 Å². The van der Waals surface area contributed by atoms with Gasteiger partial charge < -0.3 is 0 Å². The first-order valence-corrected chi connectivity index (χ1v) is 4.24. The van der Waals surface area contributed by atoms with Crippen LogP contribution in [0.2, 0.25) is 0 Å². The predicted octanol–water partition coefficient (Wildman–Crippen LogP) is 3.21. The number of alkyl halides is 5. The van der Waals surface area contributed by atoms with E-state index in [0.717, 1.165) is 5.38 Å². The number of thiophene rings is 1. The molecule has 0 fully saturated rings. The van der Waals surface area contributed by atoms with E-state index in [4.69, 9.17) is 0 Å². The molecule has 0 atom stereocenters. The second-order valence-corrected chi connectivity index (χ2v) is 3.11. The normalized spacial score (nSPS) is 12.1. The standard InChI is InChI=1S/C7H3F5OS/c8-6(9)5(13)3-1-14-2-4(3)7(10,11)12/h1-2,6H. The van der Waals surface area contributed by atoms with Gasteiger partial charge in [0.25, 0.3) is 0 Å². The van der Waals surface area contributed by atoms with Gasteiger partial charge in [0.05, 0.1) is 5.56 Å². The van der Waals surface area contributed by atoms with E-state index in [1.165, 1.54) is 0 Å². The van der Waals surface area contributed by atoms with Gasteiger partial charge in [0.1, 0.15) is 0 Å². The third-order valence-electron chi connectivity index (χ3n) is 1.43. The van der Waals surface area contributed by atoms with Gasteiger partial charge in [-0.05, 0) is 0 Å². The molecule has 7 heteroatoms. The molecule has 78 valence electrons. The van der Waals surface area contributed by atoms with Crippen LogP contribution in [0.4, 0.5) is 22.0 Å². The van der Waals surface area contributed by atoms with Crippen molar-refractivity contribution in [3.8, 4) is 0 Å². The van der Waals surface area contributed by atoms with Crippen molar-refractivity contribution in [3.05, 3.63) is 21.9 Å². The van der Waals surface area contributed by atoms with Crippen molar-refractivity contribution in [1.29, 1.82) is 0 Å². The zero-order valence-corrected chi connectivity index (χ0v) is 7.25. The van der Waals surface area contributed by atoms with Crippen molar-refractivity contribution in [2.24, 2.45) is 0 Å². The number of carbonyl (C=O) groups excluding carboxylic acids is 1. The zero-order valence-electron chi connectivity index (χ0n) is 6.44. The lowest BCUT2D eigenvalue weighted by atomic mass is 10.1. The summed E-state index contributed by atoms with van der Waals surface area (Å²) in [5, 5.41) is 1.41. The summed E-state index contributed by atoms with van der Waals surface area (Å²) < 4.78 is 60.0. The molecule has 1 heterocycles. The molecule has 14 heavy (non-hydrogen) atoms. The molecule has 0 aliphatic carbocycles. The number of hydrogen-bond acceptors (Lipinski definition) is 2. The Kier molecular flexibility index (Phi) is 2.89. The summed E-state index contributed by atoms with van der Waals surface area (Å²) in [7, 11) is 0. The summed E-state index contributed by atoms with van der Waals surface area (Å²) in [6.45, 7) is 0. The lowest BCUT2D eigenvalue weighted by Crippen LogP contribution is -2.15. The van der Waals surface area contributed by atoms with Crippen LogP contribution in [0.1, 0.15) is 15.9 Å². The number of hydrogen-bond donors (Lipinski definition) is 0. The minimum Gasteiger partial charge on any atom is -0.288 e. The highest BCUT2D eigenvalue weighted by Crippen LogP contribution is 2.34. The highest BCUT2D eigenvalue weighted by Gasteiger charge is 2.37. The van der Waals surface area contributed by atoms with E-state index >= 15 is 0 Å². The van der Waals surface area contributed by atoms with E-state index < -0.39 is 29.5 Å². The lowest BCUT2D eigenvalue weighted by molar-refractivity contribution is -0.137. The lowest BCUT2D eigenvalue weighted by Gasteiger charge is -2.06. The molecule has 0 saturated heterocycles. The molecule has 0 N–H and O–H groups in total. The van der Waals surface area contributed by atoms with Gasteiger partial charge in [-0.2, -0.15) is 24.5 Å². The maximum Gasteiger partial charge on any atom is 0.417 e. The van der Waals surface area contributed by atoms with Crippen LogP contribution >= 0.6 is 11.3 Å². The molecule has 0 amide bonds. The summed E-state index contributed by atoms with van der Waals surface area (Å²) in [5.74, 6) is -1.79. The van der Waals surface area contributed by atoms with E-state index in [0.29, 0.717) is 16.7 Å². The number of carbonyl (C=O) groups is 1. The van der Waals surface area contributed by atoms with Crippen LogP contribution in [0, 0.1) is 0 Å². The Morgan fingerprint density at radius 3 is 2.29 bits per heavy atom. The van der Waals surface area contributed by atoms with E-state index in [2.05, 4.69) is 0 Å². The van der Waals surface area contributed by atoms with Crippen molar-refractivity contribution >= 4 is 17.1 Å². The number of ketones is 1. The summed E-state index contributed by atoms with van der Waals surface area (Å²) in [6, 6.07) is 0. The van der Waals surface area contributed by atoms with Crippen LogP contribution in [-0.2, 0) is 6.18 Å². The van der Waals surface area contributed by atoms with Crippen LogP contribution in [-0.4, -0.2) is 12.2 Å². The van der Waals surface area contributed by atoms with Gasteiger partial charge in [0.15, 0.2) is 0 Å². The SMILES string of the molecule is O=C(c1cscc1C(F)(F)F)C(F)F. The molecule has 1 aromatic rings. The summed E-state index contributed by atoms with van der Waals surface area (Å²) in [6.07, 6.45) is -8.18. The van der Waals surface area contributed by atoms with E-state index in [9.17, 15) is 26.7 Å². The monoisotopic (exact) mass is 230 g/mol. The van der Waals surface area contributed by atoms with E-state index in [-0.39, 0.29) is 0 Å². The highest BCUT2D eigenvalue weighted by molar-refractivity contribution is 7.08. The number of halogens is 5. The molecule has 0 aliphatic heterocycles. The average molecular weight is 230 g/mol. The van der Waals surface area contributed by atoms with Gasteiger partial charge in [0.2, 0.25) is 5.78 Å². The van der Waals surface area contributed by atoms with Crippen molar-refractivity contribution in [3.63, 3.8) is 0 Å². The molecule has 1 rings (SSSR count). The highest BCUT2D eigenvalue weighted by atomic mass is 32.1. The smallest absolute Gasteiger partial charge is 0.288 e. The van der Waals surface area contributed by atoms with Gasteiger partial charge in [0, 0.05) is 16.3 Å². The summed E-state index contributed by atoms with van der Waals surface area (Å²) in [5.41, 5.74) is -2.26. The molecule has 1 nitrogen and oxygen atoms in total. The van der Waals surface area contributed by atoms with Gasteiger partial charge in [-0.1, -0.05) is 0 Å². The van der Waals surface area contributed by atoms with Crippen molar-refractivity contribution in [2.75, 3.05) is 0 Å². The third kappa shape index (κ3) is 2.09. The Hall–Kier alpha value is -0.980. The Bertz CT molecular complexity index is 340. The molecule has 0 unspecified atom stereocenters. The van der Waals surface area contributed by atoms with Gasteiger partial charge >= 0.3 is 12.6 Å². The zero-order chi connectivity index (χ0) is 10.9. The molecule has 0 radical (unpaired) electrons. The average Bonchev–Trinajstić information content (AvgIpc) is 2.48. The van der Waals surface area contributed by atoms with Gasteiger partial charge in [-0.3, -0.25) is 4.79 Å². The van der Waals surface area contributed by atoms with Crippen molar-refractivity contribution < 1.29 is 26.7 Å². The fraction of sp³-hybridized carbons (Fsp3) is 0.286. The van der Waals surface area contributed by atoms with Crippen LogP contribution in [0.3, 0.4) is 0 Å². The Morgan fingerprint density at radius 1 is 1.29 bits per heavy atom. The first kappa shape index (κ1) is 11.1. The molecule has 0 bridgehead atoms. The Balaban J connectivity index is 3.12. The molecule has 0 spiro atoms. The second kappa shape index (κ2) is 3.64. The fourth-order valence-electron chi connectivity index (χ4n) is 0.825. The number of rotatable bonds is 2. The predicted molar refractivity (Wildman–Crippen MR) is 39.7 cm³/mol. The largest absolute Gasteiger partial charge is 0.417 e. The molecule has 1 aromatic heterocycles. The molecule has 0 aliphatic rings. The van der Waals surface area contributed by atoms with Gasteiger partial charge in [-0.25, -0.2) is 8.78 Å². The third-order valence-corrected chi connectivity index (χ3v) is 2.17. The van der Waals surface area contributed by atoms with Crippen LogP contribution < -0.4 is 0 Å². The summed E-state index contributed by atoms with van der Waals surface area (Å²) >= 11 is 0.565. The second-order valence-electron chi connectivity index (χ2n) is 2.36. The van der Waals surface area contributed by atoms with Crippen LogP contribution in [0.25, 0.3) is 0 Å². The topological polar surface area (TPSA) is 17.1 Å². The van der Waals surface area contributed by atoms with E-state index in [1.807, 2.05) is 0 Å². The van der Waals surface area contributed by atoms with Crippen LogP contribution in [0.15, 0.2) is 10.8 Å². The van der Waals surface area contributed by atoms with Crippen molar-refractivity contribution in [1.82, 2.24) is 0 Å². The maximum atomic E-state index is 12.1. The Labute approximate surface area is 79.2 Å². The quantitative estimate of drug-likeness (QED) is 0.563. The Morgan fingerprint density at radius 2 is 1.86 bits per heavy atom. The maximum absolute atomic E-state index is 12.1. The first-order valence-electron chi connectivity index (χ1n) is 3.29. The minimum atomic E-state index is -4.76. The first-order chi connectivity index (χ1) is 6.34. The molecular formula is C7H3F5OS. The van der Waals surface area contributed by atoms with Crippen LogP contribution in [0.5, 0.6) is 0 Å². The molecule has 0 aromatic carbocycles. The fourth-order valence-corrected chi connectivity index (χ4v) is 1.67. The summed E-state index contributed by atoms with van der Waals surface area (Å²) in [4.78, 5) is 10.6. The number of Topliss-reactive ketones (excluding diaryl/α,β-unsaturated/α-hetero) is 1. The van der Waals surface area contributed by atoms with Gasteiger partial charge in [-0.15, -0.1) is 0 Å². The molecule has 0 saturated carbocycles. The van der Waals surface area contributed by atoms with E-state index in [1.54, 1.807) is 0 Å². The minimum absolute atomic E-state index is 0.565.